The maximum absolute atomic E-state index is 12.2. The number of benzene rings is 1. The van der Waals surface area contributed by atoms with Crippen molar-refractivity contribution >= 4 is 23.5 Å². The number of rotatable bonds is 4. The Bertz CT molecular complexity index is 781. The van der Waals surface area contributed by atoms with E-state index in [1.807, 2.05) is 39.0 Å². The Labute approximate surface area is 134 Å². The Morgan fingerprint density at radius 3 is 2.83 bits per heavy atom. The molecule has 2 aromatic rings. The van der Waals surface area contributed by atoms with Crippen LogP contribution in [0.25, 0.3) is 0 Å². The van der Waals surface area contributed by atoms with Crippen LogP contribution in [0.1, 0.15) is 36.3 Å². The van der Waals surface area contributed by atoms with Crippen LogP contribution < -0.4 is 10.6 Å². The molecule has 2 amide bonds. The number of aromatic nitrogens is 3. The highest BCUT2D eigenvalue weighted by Crippen LogP contribution is 2.25. The van der Waals surface area contributed by atoms with E-state index in [9.17, 15) is 9.59 Å². The first kappa shape index (κ1) is 15.2. The molecule has 0 bridgehead atoms. The third kappa shape index (κ3) is 2.94. The normalized spacial score (nSPS) is 16.1. The monoisotopic (exact) mass is 313 g/mol. The predicted molar refractivity (Wildman–Crippen MR) is 86.2 cm³/mol. The van der Waals surface area contributed by atoms with E-state index in [2.05, 4.69) is 20.7 Å². The fourth-order valence-electron chi connectivity index (χ4n) is 2.51. The molecular weight excluding hydrogens is 294 g/mol. The molecule has 23 heavy (non-hydrogen) atoms. The summed E-state index contributed by atoms with van der Waals surface area (Å²) < 4.78 is 1.50. The first-order valence-corrected chi connectivity index (χ1v) is 7.61. The minimum absolute atomic E-state index is 0.0261. The van der Waals surface area contributed by atoms with Crippen LogP contribution in [0.15, 0.2) is 18.2 Å². The summed E-state index contributed by atoms with van der Waals surface area (Å²) in [7, 11) is 0. The topological polar surface area (TPSA) is 88.9 Å². The van der Waals surface area contributed by atoms with E-state index >= 15 is 0 Å². The van der Waals surface area contributed by atoms with Crippen LogP contribution in [0.5, 0.6) is 0 Å². The van der Waals surface area contributed by atoms with Gasteiger partial charge in [0, 0.05) is 12.1 Å². The maximum atomic E-state index is 12.2. The van der Waals surface area contributed by atoms with E-state index in [1.54, 1.807) is 0 Å². The molecule has 0 spiro atoms. The van der Waals surface area contributed by atoms with Crippen LogP contribution in [-0.2, 0) is 16.0 Å². The lowest BCUT2D eigenvalue weighted by atomic mass is 10.1. The van der Waals surface area contributed by atoms with Crippen LogP contribution in [0, 0.1) is 13.8 Å². The zero-order valence-electron chi connectivity index (χ0n) is 13.4. The van der Waals surface area contributed by atoms with E-state index in [1.165, 1.54) is 4.68 Å². The van der Waals surface area contributed by atoms with Crippen molar-refractivity contribution in [3.8, 4) is 0 Å². The fraction of sp³-hybridized carbons (Fsp3) is 0.375. The summed E-state index contributed by atoms with van der Waals surface area (Å²) in [6.07, 6.45) is 0.704. The quantitative estimate of drug-likeness (QED) is 0.903. The molecule has 2 heterocycles. The minimum atomic E-state index is -0.649. The van der Waals surface area contributed by atoms with Gasteiger partial charge in [-0.05, 0) is 37.1 Å². The van der Waals surface area contributed by atoms with Crippen LogP contribution in [-0.4, -0.2) is 26.6 Å². The molecule has 1 aromatic carbocycles. The summed E-state index contributed by atoms with van der Waals surface area (Å²) >= 11 is 0. The van der Waals surface area contributed by atoms with Gasteiger partial charge in [-0.1, -0.05) is 13.0 Å². The largest absolute Gasteiger partial charge is 0.326 e. The molecule has 1 aromatic heterocycles. The summed E-state index contributed by atoms with van der Waals surface area (Å²) in [6.45, 7) is 5.94. The molecule has 0 radical (unpaired) electrons. The summed E-state index contributed by atoms with van der Waals surface area (Å²) in [5, 5.41) is 9.76. The highest BCUT2D eigenvalue weighted by atomic mass is 16.2. The molecule has 2 N–H and O–H groups in total. The van der Waals surface area contributed by atoms with Gasteiger partial charge < -0.3 is 5.32 Å². The number of amides is 2. The minimum Gasteiger partial charge on any atom is -0.326 e. The van der Waals surface area contributed by atoms with Gasteiger partial charge in [-0.15, -0.1) is 0 Å². The Morgan fingerprint density at radius 2 is 2.13 bits per heavy atom. The molecule has 0 saturated heterocycles. The Hall–Kier alpha value is -2.70. The molecule has 120 valence electrons. The number of nitrogens with one attached hydrogen (secondary N) is 2. The van der Waals surface area contributed by atoms with Gasteiger partial charge in [0.25, 0.3) is 5.91 Å². The standard InChI is InChI=1S/C16H19N5O2/c1-4-13-18-16-19-15(23)12(21(16)20-13)8-14(22)17-11-6-5-9(2)10(3)7-11/h5-7,12H,4,8H2,1-3H3,(H,17,22)(H,18,19,20,23). The lowest BCUT2D eigenvalue weighted by Crippen LogP contribution is -2.24. The molecule has 1 atom stereocenters. The number of carbonyl (C=O) groups is 2. The first-order chi connectivity index (χ1) is 11.0. The van der Waals surface area contributed by atoms with Crippen molar-refractivity contribution in [2.75, 3.05) is 10.6 Å². The molecule has 0 fully saturated rings. The molecule has 3 rings (SSSR count). The van der Waals surface area contributed by atoms with Crippen molar-refractivity contribution in [3.05, 3.63) is 35.2 Å². The number of anilines is 2. The molecule has 0 aliphatic carbocycles. The van der Waals surface area contributed by atoms with Crippen molar-refractivity contribution in [3.63, 3.8) is 0 Å². The second kappa shape index (κ2) is 5.83. The fourth-order valence-corrected chi connectivity index (χ4v) is 2.51. The Balaban J connectivity index is 1.71. The third-order valence-corrected chi connectivity index (χ3v) is 3.99. The number of hydrogen-bond donors (Lipinski definition) is 2. The SMILES string of the molecule is CCc1nc2n(n1)C(CC(=O)Nc1ccc(C)c(C)c1)C(=O)N2. The average Bonchev–Trinajstić information content (AvgIpc) is 3.02. The average molecular weight is 313 g/mol. The zero-order chi connectivity index (χ0) is 16.6. The summed E-state index contributed by atoms with van der Waals surface area (Å²) in [5.41, 5.74) is 3.00. The predicted octanol–water partition coefficient (Wildman–Crippen LogP) is 1.98. The number of nitrogens with zero attached hydrogens (tertiary/aromatic N) is 3. The van der Waals surface area contributed by atoms with E-state index in [0.29, 0.717) is 18.2 Å². The molecule has 1 aliphatic rings. The third-order valence-electron chi connectivity index (χ3n) is 3.99. The molecule has 1 unspecified atom stereocenters. The number of carbonyl (C=O) groups excluding carboxylic acids is 2. The summed E-state index contributed by atoms with van der Waals surface area (Å²) in [6, 6.07) is 5.07. The van der Waals surface area contributed by atoms with Gasteiger partial charge in [0.2, 0.25) is 11.9 Å². The molecule has 1 aliphatic heterocycles. The van der Waals surface area contributed by atoms with Gasteiger partial charge in [0.05, 0.1) is 6.42 Å². The second-order valence-corrected chi connectivity index (χ2v) is 5.71. The van der Waals surface area contributed by atoms with Crippen molar-refractivity contribution in [1.82, 2.24) is 14.8 Å². The van der Waals surface area contributed by atoms with Gasteiger partial charge in [-0.25, -0.2) is 4.68 Å². The van der Waals surface area contributed by atoms with Crippen molar-refractivity contribution < 1.29 is 9.59 Å². The van der Waals surface area contributed by atoms with E-state index < -0.39 is 6.04 Å². The lowest BCUT2D eigenvalue weighted by Gasteiger charge is -2.11. The summed E-state index contributed by atoms with van der Waals surface area (Å²) in [5.74, 6) is 0.586. The van der Waals surface area contributed by atoms with Crippen molar-refractivity contribution in [2.24, 2.45) is 0 Å². The highest BCUT2D eigenvalue weighted by Gasteiger charge is 2.34. The maximum Gasteiger partial charge on any atom is 0.252 e. The Kier molecular flexibility index (Phi) is 3.85. The molecular formula is C16H19N5O2. The lowest BCUT2D eigenvalue weighted by molar-refractivity contribution is -0.123. The molecule has 7 nitrogen and oxygen atoms in total. The smallest absolute Gasteiger partial charge is 0.252 e. The van der Waals surface area contributed by atoms with Crippen LogP contribution in [0.4, 0.5) is 11.6 Å². The Morgan fingerprint density at radius 1 is 1.35 bits per heavy atom. The van der Waals surface area contributed by atoms with Gasteiger partial charge in [0.15, 0.2) is 5.82 Å². The molecule has 7 heteroatoms. The van der Waals surface area contributed by atoms with Crippen molar-refractivity contribution in [1.29, 1.82) is 0 Å². The number of aryl methyl sites for hydroxylation is 3. The van der Waals surface area contributed by atoms with Crippen LogP contribution in [0.3, 0.4) is 0 Å². The highest BCUT2D eigenvalue weighted by molar-refractivity contribution is 6.00. The summed E-state index contributed by atoms with van der Waals surface area (Å²) in [4.78, 5) is 28.4. The van der Waals surface area contributed by atoms with Gasteiger partial charge in [-0.2, -0.15) is 10.1 Å². The molecule has 0 saturated carbocycles. The van der Waals surface area contributed by atoms with E-state index in [0.717, 1.165) is 16.8 Å². The number of hydrogen-bond acceptors (Lipinski definition) is 4. The van der Waals surface area contributed by atoms with Crippen LogP contribution >= 0.6 is 0 Å². The first-order valence-electron chi connectivity index (χ1n) is 7.61. The zero-order valence-corrected chi connectivity index (χ0v) is 13.4. The number of fused-ring (bicyclic) bond motifs is 1. The van der Waals surface area contributed by atoms with Crippen molar-refractivity contribution in [2.45, 2.75) is 39.7 Å². The van der Waals surface area contributed by atoms with Crippen LogP contribution in [0.2, 0.25) is 0 Å². The van der Waals surface area contributed by atoms with Gasteiger partial charge in [0.1, 0.15) is 6.04 Å². The van der Waals surface area contributed by atoms with E-state index in [4.69, 9.17) is 0 Å². The second-order valence-electron chi connectivity index (χ2n) is 5.71. The van der Waals surface area contributed by atoms with Gasteiger partial charge in [-0.3, -0.25) is 14.9 Å². The van der Waals surface area contributed by atoms with E-state index in [-0.39, 0.29) is 18.2 Å². The van der Waals surface area contributed by atoms with Gasteiger partial charge >= 0.3 is 0 Å².